The van der Waals surface area contributed by atoms with Crippen LogP contribution in [0.4, 0.5) is 10.6 Å². The molecule has 1 amide bonds. The standard InChI is InChI=1S/C17H25N3O4/c1-16(2,3)24-15(23)20-10-9-19(11-17(20,4)5)13-8-6-7-12(18-13)14(21)22/h6-8H,9-11H2,1-5H3,(H,21,22). The lowest BCUT2D eigenvalue weighted by Crippen LogP contribution is -2.62. The lowest BCUT2D eigenvalue weighted by Gasteiger charge is -2.47. The van der Waals surface area contributed by atoms with E-state index in [0.717, 1.165) is 0 Å². The van der Waals surface area contributed by atoms with Crippen LogP contribution in [-0.2, 0) is 4.74 Å². The van der Waals surface area contributed by atoms with Crippen molar-refractivity contribution in [2.24, 2.45) is 0 Å². The van der Waals surface area contributed by atoms with Crippen molar-refractivity contribution < 1.29 is 19.4 Å². The number of piperazine rings is 1. The number of rotatable bonds is 2. The molecular weight excluding hydrogens is 310 g/mol. The maximum Gasteiger partial charge on any atom is 0.410 e. The molecule has 0 spiro atoms. The maximum atomic E-state index is 12.4. The predicted octanol–water partition coefficient (Wildman–Crippen LogP) is 2.62. The Labute approximate surface area is 142 Å². The first-order valence-corrected chi connectivity index (χ1v) is 7.95. The fraction of sp³-hybridized carbons (Fsp3) is 0.588. The Balaban J connectivity index is 2.14. The molecule has 132 valence electrons. The summed E-state index contributed by atoms with van der Waals surface area (Å²) in [5, 5.41) is 9.08. The molecule has 1 aliphatic heterocycles. The molecule has 0 saturated carbocycles. The number of pyridine rings is 1. The first-order chi connectivity index (χ1) is 11.0. The van der Waals surface area contributed by atoms with Crippen LogP contribution in [0.15, 0.2) is 18.2 Å². The van der Waals surface area contributed by atoms with Crippen molar-refractivity contribution >= 4 is 17.9 Å². The van der Waals surface area contributed by atoms with Gasteiger partial charge >= 0.3 is 12.1 Å². The van der Waals surface area contributed by atoms with E-state index < -0.39 is 17.1 Å². The van der Waals surface area contributed by atoms with Crippen LogP contribution < -0.4 is 4.90 Å². The number of aromatic carboxylic acids is 1. The summed E-state index contributed by atoms with van der Waals surface area (Å²) in [5.41, 5.74) is -0.983. The van der Waals surface area contributed by atoms with E-state index in [-0.39, 0.29) is 11.8 Å². The van der Waals surface area contributed by atoms with Crippen LogP contribution in [0.25, 0.3) is 0 Å². The van der Waals surface area contributed by atoms with Gasteiger partial charge in [-0.05, 0) is 46.8 Å². The van der Waals surface area contributed by atoms with Gasteiger partial charge in [0, 0.05) is 19.6 Å². The molecule has 1 aromatic heterocycles. The lowest BCUT2D eigenvalue weighted by atomic mass is 9.99. The first-order valence-electron chi connectivity index (χ1n) is 7.95. The second kappa shape index (κ2) is 6.30. The van der Waals surface area contributed by atoms with Gasteiger partial charge in [-0.25, -0.2) is 14.6 Å². The van der Waals surface area contributed by atoms with Crippen molar-refractivity contribution in [3.63, 3.8) is 0 Å². The number of anilines is 1. The number of hydrogen-bond donors (Lipinski definition) is 1. The highest BCUT2D eigenvalue weighted by molar-refractivity contribution is 5.85. The van der Waals surface area contributed by atoms with Crippen LogP contribution in [0.1, 0.15) is 45.1 Å². The van der Waals surface area contributed by atoms with Gasteiger partial charge in [0.05, 0.1) is 5.54 Å². The van der Waals surface area contributed by atoms with E-state index in [1.807, 2.05) is 39.5 Å². The maximum absolute atomic E-state index is 12.4. The Kier molecular flexibility index (Phi) is 4.73. The van der Waals surface area contributed by atoms with E-state index in [1.165, 1.54) is 6.07 Å². The average molecular weight is 335 g/mol. The summed E-state index contributed by atoms with van der Waals surface area (Å²) in [6.07, 6.45) is -0.334. The molecule has 2 heterocycles. The molecule has 0 aromatic carbocycles. The highest BCUT2D eigenvalue weighted by Gasteiger charge is 2.39. The Morgan fingerprint density at radius 1 is 1.25 bits per heavy atom. The molecule has 0 radical (unpaired) electrons. The van der Waals surface area contributed by atoms with Gasteiger partial charge < -0.3 is 14.7 Å². The molecule has 0 aliphatic carbocycles. The van der Waals surface area contributed by atoms with E-state index in [9.17, 15) is 9.59 Å². The Hall–Kier alpha value is -2.31. The quantitative estimate of drug-likeness (QED) is 0.894. The van der Waals surface area contributed by atoms with Crippen molar-refractivity contribution in [2.75, 3.05) is 24.5 Å². The summed E-state index contributed by atoms with van der Waals surface area (Å²) in [4.78, 5) is 31.4. The van der Waals surface area contributed by atoms with Crippen LogP contribution in [0.5, 0.6) is 0 Å². The summed E-state index contributed by atoms with van der Waals surface area (Å²) in [5.74, 6) is -0.449. The summed E-state index contributed by atoms with van der Waals surface area (Å²) in [6.45, 7) is 11.1. The highest BCUT2D eigenvalue weighted by Crippen LogP contribution is 2.26. The molecule has 0 atom stereocenters. The van der Waals surface area contributed by atoms with E-state index in [2.05, 4.69) is 4.98 Å². The molecule has 7 heteroatoms. The van der Waals surface area contributed by atoms with Crippen LogP contribution in [0.3, 0.4) is 0 Å². The van der Waals surface area contributed by atoms with Crippen LogP contribution in [0.2, 0.25) is 0 Å². The van der Waals surface area contributed by atoms with Gasteiger partial charge in [-0.2, -0.15) is 0 Å². The predicted molar refractivity (Wildman–Crippen MR) is 90.4 cm³/mol. The van der Waals surface area contributed by atoms with E-state index in [1.54, 1.807) is 17.0 Å². The number of aromatic nitrogens is 1. The van der Waals surface area contributed by atoms with Gasteiger partial charge in [-0.3, -0.25) is 4.90 Å². The van der Waals surface area contributed by atoms with E-state index in [0.29, 0.717) is 25.5 Å². The minimum atomic E-state index is -1.05. The molecule has 1 saturated heterocycles. The number of hydrogen-bond acceptors (Lipinski definition) is 5. The molecule has 7 nitrogen and oxygen atoms in total. The summed E-state index contributed by atoms with van der Waals surface area (Å²) < 4.78 is 5.48. The zero-order valence-corrected chi connectivity index (χ0v) is 14.9. The Morgan fingerprint density at radius 2 is 1.92 bits per heavy atom. The average Bonchev–Trinajstić information content (AvgIpc) is 2.44. The molecule has 0 bridgehead atoms. The second-order valence-corrected chi connectivity index (χ2v) is 7.55. The third kappa shape index (κ3) is 4.15. The number of carbonyl (C=O) groups is 2. The molecular formula is C17H25N3O4. The normalized spacial score (nSPS) is 17.5. The monoisotopic (exact) mass is 335 g/mol. The molecule has 1 aromatic rings. The van der Waals surface area contributed by atoms with E-state index in [4.69, 9.17) is 9.84 Å². The molecule has 1 aliphatic rings. The van der Waals surface area contributed by atoms with Gasteiger partial charge in [0.15, 0.2) is 5.69 Å². The van der Waals surface area contributed by atoms with Crippen molar-refractivity contribution in [3.05, 3.63) is 23.9 Å². The highest BCUT2D eigenvalue weighted by atomic mass is 16.6. The number of carboxylic acid groups (broad SMARTS) is 1. The number of carboxylic acids is 1. The Morgan fingerprint density at radius 3 is 2.46 bits per heavy atom. The van der Waals surface area contributed by atoms with Crippen molar-refractivity contribution in [1.82, 2.24) is 9.88 Å². The van der Waals surface area contributed by atoms with Crippen LogP contribution in [0, 0.1) is 0 Å². The fourth-order valence-electron chi connectivity index (χ4n) is 2.72. The topological polar surface area (TPSA) is 83.0 Å². The third-order valence-electron chi connectivity index (χ3n) is 3.79. The zero-order valence-electron chi connectivity index (χ0n) is 14.9. The van der Waals surface area contributed by atoms with Gasteiger partial charge in [0.2, 0.25) is 0 Å². The SMILES string of the molecule is CC(C)(C)OC(=O)N1CCN(c2cccc(C(=O)O)n2)CC1(C)C. The van der Waals surface area contributed by atoms with Crippen molar-refractivity contribution in [2.45, 2.75) is 45.8 Å². The van der Waals surface area contributed by atoms with E-state index >= 15 is 0 Å². The molecule has 1 N–H and O–H groups in total. The number of carbonyl (C=O) groups excluding carboxylic acids is 1. The van der Waals surface area contributed by atoms with Crippen LogP contribution >= 0.6 is 0 Å². The van der Waals surface area contributed by atoms with Crippen molar-refractivity contribution in [1.29, 1.82) is 0 Å². The second-order valence-electron chi connectivity index (χ2n) is 7.55. The van der Waals surface area contributed by atoms with Crippen LogP contribution in [-0.4, -0.2) is 57.8 Å². The molecule has 1 fully saturated rings. The largest absolute Gasteiger partial charge is 0.477 e. The number of ether oxygens (including phenoxy) is 1. The zero-order chi connectivity index (χ0) is 18.1. The fourth-order valence-corrected chi connectivity index (χ4v) is 2.72. The molecule has 24 heavy (non-hydrogen) atoms. The van der Waals surface area contributed by atoms with Gasteiger partial charge in [0.25, 0.3) is 0 Å². The molecule has 0 unspecified atom stereocenters. The summed E-state index contributed by atoms with van der Waals surface area (Å²) >= 11 is 0. The summed E-state index contributed by atoms with van der Waals surface area (Å²) in [6, 6.07) is 4.93. The van der Waals surface area contributed by atoms with Gasteiger partial charge in [-0.15, -0.1) is 0 Å². The number of nitrogens with zero attached hydrogens (tertiary/aromatic N) is 3. The third-order valence-corrected chi connectivity index (χ3v) is 3.79. The van der Waals surface area contributed by atoms with Crippen molar-refractivity contribution in [3.8, 4) is 0 Å². The lowest BCUT2D eigenvalue weighted by molar-refractivity contribution is 0.000307. The first kappa shape index (κ1) is 18.0. The molecule has 2 rings (SSSR count). The minimum absolute atomic E-state index is 0.0138. The number of amides is 1. The summed E-state index contributed by atoms with van der Waals surface area (Å²) in [7, 11) is 0. The smallest absolute Gasteiger partial charge is 0.410 e. The minimum Gasteiger partial charge on any atom is -0.477 e. The Bertz CT molecular complexity index is 637. The van der Waals surface area contributed by atoms with Gasteiger partial charge in [0.1, 0.15) is 11.4 Å². The van der Waals surface area contributed by atoms with Gasteiger partial charge in [-0.1, -0.05) is 6.07 Å².